The number of carbonyl (C=O) groups excluding carboxylic acids is 2. The van der Waals surface area contributed by atoms with Crippen LogP contribution in [0, 0.1) is 0 Å². The highest BCUT2D eigenvalue weighted by Crippen LogP contribution is 2.31. The molecule has 1 heterocycles. The number of hydrazine groups is 1. The molecule has 1 aliphatic heterocycles. The number of benzene rings is 1. The van der Waals surface area contributed by atoms with Crippen molar-refractivity contribution >= 4 is 29.3 Å². The number of carbonyl (C=O) groups is 2. The number of thiocarbonyl (C=S) groups is 1. The van der Waals surface area contributed by atoms with Gasteiger partial charge in [-0.25, -0.2) is 4.79 Å². The Morgan fingerprint density at radius 3 is 2.54 bits per heavy atom. The summed E-state index contributed by atoms with van der Waals surface area (Å²) in [6.45, 7) is 3.38. The first-order valence-corrected chi connectivity index (χ1v) is 8.37. The number of nitrogens with zero attached hydrogens (tertiary/aromatic N) is 1. The van der Waals surface area contributed by atoms with Crippen molar-refractivity contribution in [2.75, 3.05) is 27.2 Å². The normalized spacial score (nSPS) is 20.2. The maximum Gasteiger partial charge on any atom is 0.344 e. The molecule has 2 rings (SSSR count). The van der Waals surface area contributed by atoms with Gasteiger partial charge in [-0.15, -0.1) is 0 Å². The summed E-state index contributed by atoms with van der Waals surface area (Å²) in [5.41, 5.74) is 2.39. The number of hydrogen-bond donors (Lipinski definition) is 4. The Morgan fingerprint density at radius 1 is 1.29 bits per heavy atom. The minimum atomic E-state index is -1.06. The first kappa shape index (κ1) is 18.2. The molecule has 1 aromatic rings. The van der Waals surface area contributed by atoms with Crippen LogP contribution in [0.25, 0.3) is 0 Å². The molecule has 1 aromatic carbocycles. The molecular formula is C16H24N5O2S+. The third-order valence-corrected chi connectivity index (χ3v) is 4.25. The first-order valence-electron chi connectivity index (χ1n) is 7.96. The number of urea groups is 1. The van der Waals surface area contributed by atoms with Gasteiger partial charge in [0.1, 0.15) is 5.54 Å². The highest BCUT2D eigenvalue weighted by Gasteiger charge is 2.51. The molecular weight excluding hydrogens is 326 g/mol. The van der Waals surface area contributed by atoms with E-state index in [1.54, 1.807) is 0 Å². The predicted octanol–water partition coefficient (Wildman–Crippen LogP) is -0.633. The van der Waals surface area contributed by atoms with E-state index in [0.717, 1.165) is 17.1 Å². The number of hydrogen-bond acceptors (Lipinski definition) is 3. The highest BCUT2D eigenvalue weighted by molar-refractivity contribution is 7.80. The number of quaternary nitrogens is 1. The van der Waals surface area contributed by atoms with E-state index in [0.29, 0.717) is 13.0 Å². The molecule has 0 unspecified atom stereocenters. The summed E-state index contributed by atoms with van der Waals surface area (Å²) >= 11 is 5.17. The third-order valence-electron chi connectivity index (χ3n) is 4.01. The maximum atomic E-state index is 12.9. The second-order valence-electron chi connectivity index (χ2n) is 6.02. The molecule has 0 spiro atoms. The highest BCUT2D eigenvalue weighted by atomic mass is 32.1. The zero-order valence-corrected chi connectivity index (χ0v) is 15.0. The Hall–Kier alpha value is -2.19. The number of likely N-dealkylation sites (N-methyl/N-ethyl adjacent to an activating group) is 1. The molecule has 1 saturated heterocycles. The fourth-order valence-corrected chi connectivity index (χ4v) is 2.80. The monoisotopic (exact) mass is 350 g/mol. The summed E-state index contributed by atoms with van der Waals surface area (Å²) in [5, 5.41) is 6.99. The Bertz CT molecular complexity index is 622. The van der Waals surface area contributed by atoms with E-state index in [4.69, 9.17) is 12.2 Å². The first-order chi connectivity index (χ1) is 11.4. The van der Waals surface area contributed by atoms with Crippen molar-refractivity contribution in [1.29, 1.82) is 0 Å². The molecule has 1 fully saturated rings. The van der Waals surface area contributed by atoms with Crippen LogP contribution in [0.1, 0.15) is 18.9 Å². The molecule has 24 heavy (non-hydrogen) atoms. The van der Waals surface area contributed by atoms with E-state index in [9.17, 15) is 9.59 Å². The van der Waals surface area contributed by atoms with Gasteiger partial charge in [-0.1, -0.05) is 37.3 Å². The standard InChI is InChI=1S/C16H23N5O2S/c1-4-16(12-8-6-5-7-9-12)13(22)21(15(23)18-16)19-14(24)17-10-11-20(2)3/h5-9H,4,10-11H2,1-3H3,(H,18,23)(H2,17,19,24)/p+1/t16-/m0/s1. The van der Waals surface area contributed by atoms with Crippen LogP contribution in [0.5, 0.6) is 0 Å². The van der Waals surface area contributed by atoms with Gasteiger partial charge < -0.3 is 15.5 Å². The molecule has 7 nitrogen and oxygen atoms in total. The minimum absolute atomic E-state index is 0.250. The molecule has 0 radical (unpaired) electrons. The molecule has 8 heteroatoms. The van der Waals surface area contributed by atoms with Crippen molar-refractivity contribution in [1.82, 2.24) is 21.1 Å². The number of rotatable bonds is 6. The average molecular weight is 350 g/mol. The topological polar surface area (TPSA) is 77.9 Å². The quantitative estimate of drug-likeness (QED) is 0.406. The lowest BCUT2D eigenvalue weighted by Crippen LogP contribution is -3.06. The molecule has 0 saturated carbocycles. The predicted molar refractivity (Wildman–Crippen MR) is 95.2 cm³/mol. The minimum Gasteiger partial charge on any atom is -0.356 e. The van der Waals surface area contributed by atoms with Crippen LogP contribution in [-0.4, -0.2) is 49.2 Å². The average Bonchev–Trinajstić information content (AvgIpc) is 2.80. The van der Waals surface area contributed by atoms with Crippen molar-refractivity contribution in [3.05, 3.63) is 35.9 Å². The molecule has 0 bridgehead atoms. The lowest BCUT2D eigenvalue weighted by atomic mass is 9.87. The van der Waals surface area contributed by atoms with Crippen molar-refractivity contribution in [3.8, 4) is 0 Å². The smallest absolute Gasteiger partial charge is 0.344 e. The molecule has 0 aromatic heterocycles. The fourth-order valence-electron chi connectivity index (χ4n) is 2.61. The van der Waals surface area contributed by atoms with E-state index in [2.05, 4.69) is 16.1 Å². The Kier molecular flexibility index (Phi) is 5.74. The zero-order valence-electron chi connectivity index (χ0n) is 14.2. The van der Waals surface area contributed by atoms with Gasteiger partial charge in [0.05, 0.1) is 27.2 Å². The largest absolute Gasteiger partial charge is 0.356 e. The number of amides is 3. The molecule has 1 aliphatic rings. The van der Waals surface area contributed by atoms with Crippen LogP contribution in [0.3, 0.4) is 0 Å². The maximum absolute atomic E-state index is 12.9. The van der Waals surface area contributed by atoms with E-state index in [-0.39, 0.29) is 11.0 Å². The van der Waals surface area contributed by atoms with E-state index >= 15 is 0 Å². The summed E-state index contributed by atoms with van der Waals surface area (Å²) < 4.78 is 0. The van der Waals surface area contributed by atoms with Crippen LogP contribution in [0.15, 0.2) is 30.3 Å². The Morgan fingerprint density at radius 2 is 1.96 bits per heavy atom. The van der Waals surface area contributed by atoms with Crippen molar-refractivity contribution in [2.45, 2.75) is 18.9 Å². The molecule has 130 valence electrons. The van der Waals surface area contributed by atoms with Gasteiger partial charge in [-0.3, -0.25) is 10.2 Å². The summed E-state index contributed by atoms with van der Waals surface area (Å²) in [7, 11) is 4.07. The summed E-state index contributed by atoms with van der Waals surface area (Å²) in [6, 6.07) is 8.72. The van der Waals surface area contributed by atoms with Gasteiger partial charge in [0.25, 0.3) is 5.91 Å². The Labute approximate surface area is 147 Å². The van der Waals surface area contributed by atoms with Crippen molar-refractivity contribution < 1.29 is 14.5 Å². The molecule has 0 aliphatic carbocycles. The summed E-state index contributed by atoms with van der Waals surface area (Å²) in [4.78, 5) is 26.4. The fraction of sp³-hybridized carbons (Fsp3) is 0.438. The zero-order chi connectivity index (χ0) is 17.7. The molecule has 1 atom stereocenters. The van der Waals surface area contributed by atoms with Crippen molar-refractivity contribution in [2.24, 2.45) is 0 Å². The van der Waals surface area contributed by atoms with Gasteiger partial charge >= 0.3 is 6.03 Å². The lowest BCUT2D eigenvalue weighted by molar-refractivity contribution is -0.856. The summed E-state index contributed by atoms with van der Waals surface area (Å²) in [6.07, 6.45) is 0.448. The van der Waals surface area contributed by atoms with Crippen LogP contribution in [0.4, 0.5) is 4.79 Å². The second kappa shape index (κ2) is 7.59. The second-order valence-corrected chi connectivity index (χ2v) is 6.43. The number of nitrogens with one attached hydrogen (secondary N) is 4. The van der Waals surface area contributed by atoms with Gasteiger partial charge in [0, 0.05) is 0 Å². The van der Waals surface area contributed by atoms with Crippen LogP contribution in [-0.2, 0) is 10.3 Å². The van der Waals surface area contributed by atoms with Crippen molar-refractivity contribution in [3.63, 3.8) is 0 Å². The van der Waals surface area contributed by atoms with Gasteiger partial charge in [-0.2, -0.15) is 5.01 Å². The SMILES string of the molecule is CC[C@@]1(c2ccccc2)NC(=O)N(NC(=S)NCC[NH+](C)C)C1=O. The molecule has 4 N–H and O–H groups in total. The lowest BCUT2D eigenvalue weighted by Gasteiger charge is -2.25. The van der Waals surface area contributed by atoms with Gasteiger partial charge in [0.15, 0.2) is 5.11 Å². The van der Waals surface area contributed by atoms with Crippen LogP contribution < -0.4 is 21.0 Å². The Balaban J connectivity index is 2.09. The number of imide groups is 1. The van der Waals surface area contributed by atoms with Gasteiger partial charge in [-0.05, 0) is 24.2 Å². The van der Waals surface area contributed by atoms with E-state index < -0.39 is 11.6 Å². The molecule has 3 amide bonds. The van der Waals surface area contributed by atoms with E-state index in [1.807, 2.05) is 51.4 Å². The van der Waals surface area contributed by atoms with Crippen LogP contribution in [0.2, 0.25) is 0 Å². The van der Waals surface area contributed by atoms with E-state index in [1.165, 1.54) is 4.90 Å². The summed E-state index contributed by atoms with van der Waals surface area (Å²) in [5.74, 6) is -0.358. The van der Waals surface area contributed by atoms with Crippen LogP contribution >= 0.6 is 12.2 Å². The van der Waals surface area contributed by atoms with Gasteiger partial charge in [0.2, 0.25) is 0 Å². The third kappa shape index (κ3) is 3.65.